The maximum Gasteiger partial charge on any atom is 0.503 e. The van der Waals surface area contributed by atoms with Gasteiger partial charge in [-0.25, -0.2) is 17.9 Å². The standard InChI is InChI=1S/C13H19NO3S.CH2O3/c1-17-12-7-9-13(10-8-12)18(15,16)14-11-5-3-2-4-6-11;2-1(3)4/h7-11,14H,2-6H2,1H3;(H2,2,3,4). The van der Waals surface area contributed by atoms with Gasteiger partial charge in [0.25, 0.3) is 0 Å². The van der Waals surface area contributed by atoms with Gasteiger partial charge < -0.3 is 14.9 Å². The fourth-order valence-electron chi connectivity index (χ4n) is 2.26. The average Bonchev–Trinajstić information content (AvgIpc) is 2.47. The van der Waals surface area contributed by atoms with E-state index in [1.807, 2.05) is 0 Å². The Morgan fingerprint density at radius 3 is 2.09 bits per heavy atom. The third kappa shape index (κ3) is 6.31. The summed E-state index contributed by atoms with van der Waals surface area (Å²) in [7, 11) is -1.83. The van der Waals surface area contributed by atoms with Gasteiger partial charge in [0.1, 0.15) is 5.75 Å². The number of nitrogens with one attached hydrogen (secondary N) is 1. The molecule has 1 fully saturated rings. The van der Waals surface area contributed by atoms with E-state index in [0.29, 0.717) is 10.6 Å². The summed E-state index contributed by atoms with van der Waals surface area (Å²) in [6.45, 7) is 0. The Morgan fingerprint density at radius 1 is 1.14 bits per heavy atom. The van der Waals surface area contributed by atoms with Crippen LogP contribution in [0, 0.1) is 0 Å². The zero-order valence-corrected chi connectivity index (χ0v) is 13.2. The van der Waals surface area contributed by atoms with Crippen molar-refractivity contribution in [1.29, 1.82) is 0 Å². The van der Waals surface area contributed by atoms with E-state index >= 15 is 0 Å². The maximum atomic E-state index is 12.1. The molecule has 0 amide bonds. The first kappa shape index (κ1) is 18.2. The summed E-state index contributed by atoms with van der Waals surface area (Å²) in [5.74, 6) is 0.659. The second-order valence-corrected chi connectivity index (χ2v) is 6.63. The van der Waals surface area contributed by atoms with Crippen LogP contribution in [0.5, 0.6) is 5.75 Å². The Kier molecular flexibility index (Phi) is 7.13. The van der Waals surface area contributed by atoms with E-state index in [9.17, 15) is 8.42 Å². The molecule has 1 aromatic carbocycles. The van der Waals surface area contributed by atoms with Crippen molar-refractivity contribution in [2.24, 2.45) is 0 Å². The Bertz CT molecular complexity index is 560. The summed E-state index contributed by atoms with van der Waals surface area (Å²) in [4.78, 5) is 8.86. The lowest BCUT2D eigenvalue weighted by molar-refractivity contribution is 0.137. The third-order valence-corrected chi connectivity index (χ3v) is 4.83. The molecule has 124 valence electrons. The highest BCUT2D eigenvalue weighted by Gasteiger charge is 2.21. The summed E-state index contributed by atoms with van der Waals surface area (Å²) in [6.07, 6.45) is 3.47. The Labute approximate surface area is 130 Å². The van der Waals surface area contributed by atoms with Crippen LogP contribution in [-0.4, -0.2) is 37.9 Å². The summed E-state index contributed by atoms with van der Waals surface area (Å²) < 4.78 is 32.1. The third-order valence-electron chi connectivity index (χ3n) is 3.30. The first-order valence-corrected chi connectivity index (χ1v) is 8.41. The predicted octanol–water partition coefficient (Wildman–Crippen LogP) is 2.53. The molecule has 22 heavy (non-hydrogen) atoms. The Morgan fingerprint density at radius 2 is 1.64 bits per heavy atom. The molecule has 0 bridgehead atoms. The van der Waals surface area contributed by atoms with Crippen molar-refractivity contribution in [3.8, 4) is 5.75 Å². The lowest BCUT2D eigenvalue weighted by Crippen LogP contribution is -2.36. The summed E-state index contributed by atoms with van der Waals surface area (Å²) in [5, 5.41) is 13.9. The minimum Gasteiger partial charge on any atom is -0.497 e. The van der Waals surface area contributed by atoms with Gasteiger partial charge in [-0.1, -0.05) is 19.3 Å². The highest BCUT2D eigenvalue weighted by molar-refractivity contribution is 7.89. The molecule has 0 spiro atoms. The van der Waals surface area contributed by atoms with Gasteiger partial charge >= 0.3 is 6.16 Å². The summed E-state index contributed by atoms with van der Waals surface area (Å²) in [6, 6.07) is 6.56. The van der Waals surface area contributed by atoms with Crippen molar-refractivity contribution >= 4 is 16.2 Å². The Balaban J connectivity index is 0.000000541. The predicted molar refractivity (Wildman–Crippen MR) is 80.8 cm³/mol. The van der Waals surface area contributed by atoms with E-state index in [-0.39, 0.29) is 6.04 Å². The van der Waals surface area contributed by atoms with Crippen molar-refractivity contribution in [1.82, 2.24) is 4.72 Å². The first-order valence-electron chi connectivity index (χ1n) is 6.93. The van der Waals surface area contributed by atoms with Crippen LogP contribution in [0.1, 0.15) is 32.1 Å². The van der Waals surface area contributed by atoms with Crippen LogP contribution in [0.2, 0.25) is 0 Å². The zero-order chi connectivity index (χ0) is 16.6. The fraction of sp³-hybridized carbons (Fsp3) is 0.500. The minimum absolute atomic E-state index is 0.0888. The number of carboxylic acid groups (broad SMARTS) is 2. The smallest absolute Gasteiger partial charge is 0.497 e. The molecule has 1 aromatic rings. The largest absolute Gasteiger partial charge is 0.503 e. The quantitative estimate of drug-likeness (QED) is 0.781. The molecule has 0 radical (unpaired) electrons. The highest BCUT2D eigenvalue weighted by Crippen LogP contribution is 2.21. The number of hydrogen-bond donors (Lipinski definition) is 3. The van der Waals surface area contributed by atoms with E-state index in [1.165, 1.54) is 6.42 Å². The number of hydrogen-bond acceptors (Lipinski definition) is 4. The molecule has 8 heteroatoms. The van der Waals surface area contributed by atoms with E-state index in [2.05, 4.69) is 4.72 Å². The topological polar surface area (TPSA) is 113 Å². The molecular weight excluding hydrogens is 310 g/mol. The number of sulfonamides is 1. The number of ether oxygens (including phenoxy) is 1. The van der Waals surface area contributed by atoms with Gasteiger partial charge in [-0.05, 0) is 37.1 Å². The van der Waals surface area contributed by atoms with Crippen molar-refractivity contribution < 1.29 is 28.2 Å². The second-order valence-electron chi connectivity index (χ2n) is 4.91. The van der Waals surface area contributed by atoms with Gasteiger partial charge in [-0.15, -0.1) is 0 Å². The molecule has 0 unspecified atom stereocenters. The normalized spacial score (nSPS) is 15.5. The molecule has 0 aliphatic heterocycles. The van der Waals surface area contributed by atoms with Crippen LogP contribution >= 0.6 is 0 Å². The van der Waals surface area contributed by atoms with Crippen LogP contribution in [0.3, 0.4) is 0 Å². The molecule has 3 N–H and O–H groups in total. The van der Waals surface area contributed by atoms with Crippen molar-refractivity contribution in [3.63, 3.8) is 0 Å². The molecule has 2 rings (SSSR count). The van der Waals surface area contributed by atoms with Gasteiger partial charge in [0.15, 0.2) is 0 Å². The summed E-state index contributed by atoms with van der Waals surface area (Å²) >= 11 is 0. The van der Waals surface area contributed by atoms with Crippen LogP contribution < -0.4 is 9.46 Å². The molecule has 7 nitrogen and oxygen atoms in total. The number of carbonyl (C=O) groups is 1. The summed E-state index contributed by atoms with van der Waals surface area (Å²) in [5.41, 5.74) is 0. The van der Waals surface area contributed by atoms with E-state index in [4.69, 9.17) is 19.7 Å². The minimum atomic E-state index is -3.39. The molecule has 0 heterocycles. The zero-order valence-electron chi connectivity index (χ0n) is 12.4. The van der Waals surface area contributed by atoms with E-state index in [1.54, 1.807) is 31.4 Å². The highest BCUT2D eigenvalue weighted by atomic mass is 32.2. The average molecular weight is 331 g/mol. The lowest BCUT2D eigenvalue weighted by atomic mass is 9.96. The van der Waals surface area contributed by atoms with Crippen LogP contribution in [0.25, 0.3) is 0 Å². The molecule has 0 atom stereocenters. The van der Waals surface area contributed by atoms with Crippen LogP contribution in [0.15, 0.2) is 29.2 Å². The van der Waals surface area contributed by atoms with E-state index in [0.717, 1.165) is 25.7 Å². The van der Waals surface area contributed by atoms with Gasteiger partial charge in [0.2, 0.25) is 10.0 Å². The first-order chi connectivity index (χ1) is 10.3. The molecular formula is C14H21NO6S. The Hall–Kier alpha value is -1.80. The van der Waals surface area contributed by atoms with E-state index < -0.39 is 16.2 Å². The lowest BCUT2D eigenvalue weighted by Gasteiger charge is -2.22. The molecule has 0 aromatic heterocycles. The van der Waals surface area contributed by atoms with Gasteiger partial charge in [-0.3, -0.25) is 0 Å². The maximum absolute atomic E-state index is 12.1. The van der Waals surface area contributed by atoms with Crippen molar-refractivity contribution in [3.05, 3.63) is 24.3 Å². The molecule has 1 aliphatic carbocycles. The fourth-order valence-corrected chi connectivity index (χ4v) is 3.57. The van der Waals surface area contributed by atoms with Crippen LogP contribution in [0.4, 0.5) is 4.79 Å². The van der Waals surface area contributed by atoms with Gasteiger partial charge in [0, 0.05) is 6.04 Å². The monoisotopic (exact) mass is 331 g/mol. The number of rotatable bonds is 4. The molecule has 0 saturated heterocycles. The second kappa shape index (κ2) is 8.60. The molecule has 1 saturated carbocycles. The molecule has 1 aliphatic rings. The SMILES string of the molecule is COc1ccc(S(=O)(=O)NC2CCCCC2)cc1.O=C(O)O. The van der Waals surface area contributed by atoms with Crippen molar-refractivity contribution in [2.45, 2.75) is 43.0 Å². The van der Waals surface area contributed by atoms with Crippen molar-refractivity contribution in [2.75, 3.05) is 7.11 Å². The number of methoxy groups -OCH3 is 1. The van der Waals surface area contributed by atoms with Gasteiger partial charge in [0.05, 0.1) is 12.0 Å². The number of benzene rings is 1. The van der Waals surface area contributed by atoms with Crippen LogP contribution in [-0.2, 0) is 10.0 Å². The van der Waals surface area contributed by atoms with Gasteiger partial charge in [-0.2, -0.15) is 0 Å².